The predicted octanol–water partition coefficient (Wildman–Crippen LogP) is 16.0. The van der Waals surface area contributed by atoms with Gasteiger partial charge in [-0.05, 0) is 37.0 Å². The highest BCUT2D eigenvalue weighted by atomic mass is 16.6. The molecule has 0 aliphatic rings. The Kier molecular flexibility index (Phi) is 41.3. The average Bonchev–Trinajstić information content (AvgIpc) is 3.16. The Morgan fingerprint density at radius 1 is 0.298 bits per heavy atom. The minimum Gasteiger partial charge on any atom is -0.462 e. The highest BCUT2D eigenvalue weighted by molar-refractivity contribution is 5.71. The standard InChI is InChI=1S/C51H98O6/c1-45(2)37-31-25-19-14-10-8-7-9-11-16-22-28-34-40-49(52)55-43-48(44-56-50(53)41-35-29-24-18-21-27-33-39-47(5)6)57-51(54)42-36-30-23-17-13-12-15-20-26-32-38-46(3)4/h45-48H,7-44H2,1-6H3/t48-/m0/s1. The highest BCUT2D eigenvalue weighted by Gasteiger charge is 2.19. The summed E-state index contributed by atoms with van der Waals surface area (Å²) in [5, 5.41) is 0. The first-order valence-corrected chi connectivity index (χ1v) is 25.1. The summed E-state index contributed by atoms with van der Waals surface area (Å²) in [5.41, 5.74) is 0. The Morgan fingerprint density at radius 2 is 0.509 bits per heavy atom. The molecule has 0 aliphatic heterocycles. The predicted molar refractivity (Wildman–Crippen MR) is 243 cm³/mol. The molecule has 0 bridgehead atoms. The van der Waals surface area contributed by atoms with Crippen molar-refractivity contribution in [2.24, 2.45) is 17.8 Å². The normalized spacial score (nSPS) is 12.2. The van der Waals surface area contributed by atoms with Crippen LogP contribution in [0.3, 0.4) is 0 Å². The molecule has 0 rings (SSSR count). The monoisotopic (exact) mass is 807 g/mol. The van der Waals surface area contributed by atoms with Crippen molar-refractivity contribution in [1.29, 1.82) is 0 Å². The van der Waals surface area contributed by atoms with Crippen molar-refractivity contribution in [3.63, 3.8) is 0 Å². The molecule has 0 aromatic carbocycles. The van der Waals surface area contributed by atoms with Crippen LogP contribution >= 0.6 is 0 Å². The van der Waals surface area contributed by atoms with E-state index in [1.807, 2.05) is 0 Å². The fraction of sp³-hybridized carbons (Fsp3) is 0.941. The fourth-order valence-electron chi connectivity index (χ4n) is 7.59. The molecule has 1 atom stereocenters. The van der Waals surface area contributed by atoms with E-state index in [9.17, 15) is 14.4 Å². The number of carbonyl (C=O) groups excluding carboxylic acids is 3. The summed E-state index contributed by atoms with van der Waals surface area (Å²) in [5.74, 6) is 1.58. The van der Waals surface area contributed by atoms with Gasteiger partial charge in [0.1, 0.15) is 13.2 Å². The van der Waals surface area contributed by atoms with Gasteiger partial charge in [-0.25, -0.2) is 0 Å². The van der Waals surface area contributed by atoms with Crippen LogP contribution in [-0.2, 0) is 28.6 Å². The number of carbonyl (C=O) groups is 3. The molecular formula is C51H98O6. The lowest BCUT2D eigenvalue weighted by molar-refractivity contribution is -0.167. The smallest absolute Gasteiger partial charge is 0.306 e. The van der Waals surface area contributed by atoms with Crippen LogP contribution in [-0.4, -0.2) is 37.2 Å². The average molecular weight is 807 g/mol. The Hall–Kier alpha value is -1.59. The zero-order valence-corrected chi connectivity index (χ0v) is 39.1. The van der Waals surface area contributed by atoms with E-state index in [0.717, 1.165) is 75.5 Å². The van der Waals surface area contributed by atoms with Crippen molar-refractivity contribution in [2.75, 3.05) is 13.2 Å². The van der Waals surface area contributed by atoms with Gasteiger partial charge < -0.3 is 14.2 Å². The third kappa shape index (κ3) is 45.3. The first kappa shape index (κ1) is 55.4. The van der Waals surface area contributed by atoms with E-state index in [2.05, 4.69) is 41.5 Å². The Labute approximate surface area is 355 Å². The van der Waals surface area contributed by atoms with Crippen molar-refractivity contribution in [3.05, 3.63) is 0 Å². The van der Waals surface area contributed by atoms with E-state index in [4.69, 9.17) is 14.2 Å². The first-order chi connectivity index (χ1) is 27.6. The van der Waals surface area contributed by atoms with E-state index in [1.165, 1.54) is 154 Å². The van der Waals surface area contributed by atoms with Gasteiger partial charge in [-0.2, -0.15) is 0 Å². The molecule has 57 heavy (non-hydrogen) atoms. The number of ether oxygens (including phenoxy) is 3. The molecule has 0 radical (unpaired) electrons. The molecule has 0 N–H and O–H groups in total. The highest BCUT2D eigenvalue weighted by Crippen LogP contribution is 2.17. The van der Waals surface area contributed by atoms with Gasteiger partial charge in [0, 0.05) is 19.3 Å². The third-order valence-electron chi connectivity index (χ3n) is 11.4. The van der Waals surface area contributed by atoms with Crippen LogP contribution < -0.4 is 0 Å². The number of esters is 3. The van der Waals surface area contributed by atoms with Crippen LogP contribution in [0.2, 0.25) is 0 Å². The fourth-order valence-corrected chi connectivity index (χ4v) is 7.59. The summed E-state index contributed by atoms with van der Waals surface area (Å²) < 4.78 is 16.8. The van der Waals surface area contributed by atoms with Crippen molar-refractivity contribution >= 4 is 17.9 Å². The lowest BCUT2D eigenvalue weighted by Gasteiger charge is -2.18. The lowest BCUT2D eigenvalue weighted by atomic mass is 10.0. The molecule has 0 aromatic rings. The van der Waals surface area contributed by atoms with Gasteiger partial charge in [0.15, 0.2) is 6.10 Å². The van der Waals surface area contributed by atoms with Crippen LogP contribution in [0.5, 0.6) is 0 Å². The van der Waals surface area contributed by atoms with Crippen molar-refractivity contribution < 1.29 is 28.6 Å². The van der Waals surface area contributed by atoms with Crippen molar-refractivity contribution in [3.8, 4) is 0 Å². The molecule has 0 amide bonds. The van der Waals surface area contributed by atoms with Gasteiger partial charge in [0.25, 0.3) is 0 Å². The molecule has 0 unspecified atom stereocenters. The van der Waals surface area contributed by atoms with Crippen molar-refractivity contribution in [1.82, 2.24) is 0 Å². The minimum atomic E-state index is -0.762. The second kappa shape index (κ2) is 42.5. The Bertz CT molecular complexity index is 883. The third-order valence-corrected chi connectivity index (χ3v) is 11.4. The van der Waals surface area contributed by atoms with E-state index >= 15 is 0 Å². The largest absolute Gasteiger partial charge is 0.462 e. The summed E-state index contributed by atoms with van der Waals surface area (Å²) in [6.07, 6.45) is 41.0. The summed E-state index contributed by atoms with van der Waals surface area (Å²) >= 11 is 0. The molecule has 0 fully saturated rings. The van der Waals surface area contributed by atoms with Gasteiger partial charge in [0.2, 0.25) is 0 Å². The van der Waals surface area contributed by atoms with E-state index in [0.29, 0.717) is 19.3 Å². The SMILES string of the molecule is CC(C)CCCCCCCCCCCCCCCC(=O)OC[C@@H](COC(=O)CCCCCCCCCC(C)C)OC(=O)CCCCCCCCCCCCC(C)C. The van der Waals surface area contributed by atoms with Gasteiger partial charge in [-0.1, -0.05) is 234 Å². The van der Waals surface area contributed by atoms with Gasteiger partial charge >= 0.3 is 17.9 Å². The second-order valence-electron chi connectivity index (χ2n) is 18.9. The van der Waals surface area contributed by atoms with E-state index in [1.54, 1.807) is 0 Å². The minimum absolute atomic E-state index is 0.0654. The van der Waals surface area contributed by atoms with E-state index in [-0.39, 0.29) is 31.1 Å². The van der Waals surface area contributed by atoms with Crippen LogP contribution in [0.15, 0.2) is 0 Å². The van der Waals surface area contributed by atoms with Gasteiger partial charge in [0.05, 0.1) is 0 Å². The maximum Gasteiger partial charge on any atom is 0.306 e. The summed E-state index contributed by atoms with van der Waals surface area (Å²) in [6, 6.07) is 0. The first-order valence-electron chi connectivity index (χ1n) is 25.1. The summed E-state index contributed by atoms with van der Waals surface area (Å²) in [7, 11) is 0. The zero-order chi connectivity index (χ0) is 42.0. The molecular weight excluding hydrogens is 709 g/mol. The number of hydrogen-bond acceptors (Lipinski definition) is 6. The molecule has 338 valence electrons. The molecule has 0 heterocycles. The maximum atomic E-state index is 12.8. The molecule has 6 heteroatoms. The molecule has 0 aliphatic carbocycles. The number of hydrogen-bond donors (Lipinski definition) is 0. The van der Waals surface area contributed by atoms with Gasteiger partial charge in [-0.15, -0.1) is 0 Å². The van der Waals surface area contributed by atoms with Gasteiger partial charge in [-0.3, -0.25) is 14.4 Å². The summed E-state index contributed by atoms with van der Waals surface area (Å²) in [4.78, 5) is 37.8. The topological polar surface area (TPSA) is 78.9 Å². The lowest BCUT2D eigenvalue weighted by Crippen LogP contribution is -2.30. The second-order valence-corrected chi connectivity index (χ2v) is 18.9. The molecule has 0 saturated heterocycles. The van der Waals surface area contributed by atoms with Crippen LogP contribution in [0.1, 0.15) is 273 Å². The number of rotatable bonds is 44. The summed E-state index contributed by atoms with van der Waals surface area (Å²) in [6.45, 7) is 13.7. The van der Waals surface area contributed by atoms with Crippen LogP contribution in [0.4, 0.5) is 0 Å². The van der Waals surface area contributed by atoms with Crippen molar-refractivity contribution in [2.45, 2.75) is 279 Å². The van der Waals surface area contributed by atoms with E-state index < -0.39 is 6.10 Å². The maximum absolute atomic E-state index is 12.8. The number of unbranched alkanes of at least 4 members (excludes halogenated alkanes) is 27. The molecule has 0 aromatic heterocycles. The molecule has 6 nitrogen and oxygen atoms in total. The van der Waals surface area contributed by atoms with Crippen LogP contribution in [0, 0.1) is 17.8 Å². The Balaban J connectivity index is 4.30. The zero-order valence-electron chi connectivity index (χ0n) is 39.1. The van der Waals surface area contributed by atoms with Crippen LogP contribution in [0.25, 0.3) is 0 Å². The molecule has 0 saturated carbocycles. The Morgan fingerprint density at radius 3 is 0.754 bits per heavy atom. The quantitative estimate of drug-likeness (QED) is 0.0347. The molecule has 0 spiro atoms.